The number of phenols is 1. The number of halogens is 1. The van der Waals surface area contributed by atoms with Gasteiger partial charge < -0.3 is 15.2 Å². The van der Waals surface area contributed by atoms with Gasteiger partial charge in [-0.15, -0.1) is 0 Å². The Kier molecular flexibility index (Phi) is 3.79. The molecule has 1 heterocycles. The number of phenolic OH excluding ortho intramolecular Hbond substituents is 1. The summed E-state index contributed by atoms with van der Waals surface area (Å²) in [5, 5.41) is 14.1. The van der Waals surface area contributed by atoms with Gasteiger partial charge in [0.1, 0.15) is 0 Å². The van der Waals surface area contributed by atoms with Crippen molar-refractivity contribution >= 4 is 11.6 Å². The Balaban J connectivity index is 2.31. The third kappa shape index (κ3) is 2.50. The maximum atomic E-state index is 10.2. The second-order valence-corrected chi connectivity index (χ2v) is 4.94. The minimum atomic E-state index is 0.186. The van der Waals surface area contributed by atoms with Crippen molar-refractivity contribution in [2.45, 2.75) is 32.2 Å². The third-order valence-electron chi connectivity index (χ3n) is 3.35. The van der Waals surface area contributed by atoms with E-state index in [-0.39, 0.29) is 5.75 Å². The Bertz CT molecular complexity index is 414. The van der Waals surface area contributed by atoms with E-state index in [2.05, 4.69) is 5.32 Å². The van der Waals surface area contributed by atoms with Gasteiger partial charge in [0.05, 0.1) is 12.1 Å². The molecule has 1 unspecified atom stereocenters. The first-order chi connectivity index (χ1) is 8.13. The zero-order chi connectivity index (χ0) is 12.4. The Morgan fingerprint density at radius 2 is 2.35 bits per heavy atom. The lowest BCUT2D eigenvalue weighted by Crippen LogP contribution is -2.24. The van der Waals surface area contributed by atoms with Crippen LogP contribution in [0.3, 0.4) is 0 Å². The van der Waals surface area contributed by atoms with Gasteiger partial charge in [-0.1, -0.05) is 11.6 Å². The van der Waals surface area contributed by atoms with E-state index in [4.69, 9.17) is 16.3 Å². The van der Waals surface area contributed by atoms with Crippen LogP contribution in [-0.2, 0) is 6.42 Å². The van der Waals surface area contributed by atoms with Crippen molar-refractivity contribution in [2.75, 3.05) is 13.7 Å². The van der Waals surface area contributed by atoms with Crippen molar-refractivity contribution in [3.63, 3.8) is 0 Å². The van der Waals surface area contributed by atoms with Crippen LogP contribution in [0, 0.1) is 6.92 Å². The van der Waals surface area contributed by atoms with Crippen molar-refractivity contribution in [1.82, 2.24) is 5.32 Å². The lowest BCUT2D eigenvalue weighted by atomic mass is 9.98. The lowest BCUT2D eigenvalue weighted by molar-refractivity contribution is 0.369. The minimum absolute atomic E-state index is 0.186. The van der Waals surface area contributed by atoms with E-state index >= 15 is 0 Å². The number of aromatic hydroxyl groups is 1. The van der Waals surface area contributed by atoms with Gasteiger partial charge >= 0.3 is 0 Å². The van der Waals surface area contributed by atoms with E-state index < -0.39 is 0 Å². The molecule has 0 saturated carbocycles. The fourth-order valence-corrected chi connectivity index (χ4v) is 2.74. The molecule has 2 N–H and O–H groups in total. The summed E-state index contributed by atoms with van der Waals surface area (Å²) < 4.78 is 5.13. The second kappa shape index (κ2) is 5.15. The zero-order valence-electron chi connectivity index (χ0n) is 10.2. The van der Waals surface area contributed by atoms with E-state index in [1.165, 1.54) is 13.5 Å². The number of aryl methyl sites for hydroxylation is 1. The number of nitrogens with one attached hydrogen (secondary N) is 1. The average Bonchev–Trinajstić information content (AvgIpc) is 2.77. The standard InChI is InChI=1S/C13H18ClNO2/c1-8-6-11(14)13(17-2)12(16)10(8)7-9-4-3-5-15-9/h6,9,15-16H,3-5,7H2,1-2H3. The topological polar surface area (TPSA) is 41.5 Å². The summed E-state index contributed by atoms with van der Waals surface area (Å²) in [5.74, 6) is 0.566. The Morgan fingerprint density at radius 3 is 2.94 bits per heavy atom. The number of rotatable bonds is 3. The first-order valence-electron chi connectivity index (χ1n) is 5.91. The molecule has 0 amide bonds. The fourth-order valence-electron chi connectivity index (χ4n) is 2.41. The quantitative estimate of drug-likeness (QED) is 0.873. The predicted molar refractivity (Wildman–Crippen MR) is 69.1 cm³/mol. The molecule has 0 spiro atoms. The van der Waals surface area contributed by atoms with Crippen LogP contribution in [0.2, 0.25) is 5.02 Å². The van der Waals surface area contributed by atoms with Crippen molar-refractivity contribution in [3.8, 4) is 11.5 Å². The van der Waals surface area contributed by atoms with Crippen molar-refractivity contribution in [2.24, 2.45) is 0 Å². The molecule has 1 aliphatic rings. The van der Waals surface area contributed by atoms with Gasteiger partial charge in [0.25, 0.3) is 0 Å². The summed E-state index contributed by atoms with van der Waals surface area (Å²) >= 11 is 6.02. The van der Waals surface area contributed by atoms with Gasteiger partial charge in [-0.25, -0.2) is 0 Å². The highest BCUT2D eigenvalue weighted by molar-refractivity contribution is 6.32. The molecule has 0 aliphatic carbocycles. The van der Waals surface area contributed by atoms with Gasteiger partial charge in [-0.05, 0) is 44.4 Å². The second-order valence-electron chi connectivity index (χ2n) is 4.53. The molecule has 94 valence electrons. The molecule has 1 fully saturated rings. The molecule has 0 radical (unpaired) electrons. The molecule has 17 heavy (non-hydrogen) atoms. The Labute approximate surface area is 107 Å². The van der Waals surface area contributed by atoms with Crippen molar-refractivity contribution < 1.29 is 9.84 Å². The van der Waals surface area contributed by atoms with Crippen LogP contribution in [-0.4, -0.2) is 24.8 Å². The smallest absolute Gasteiger partial charge is 0.179 e. The van der Waals surface area contributed by atoms with Crippen LogP contribution < -0.4 is 10.1 Å². The summed E-state index contributed by atoms with van der Waals surface area (Å²) in [7, 11) is 1.52. The summed E-state index contributed by atoms with van der Waals surface area (Å²) in [6, 6.07) is 2.30. The van der Waals surface area contributed by atoms with Gasteiger partial charge in [0.2, 0.25) is 0 Å². The van der Waals surface area contributed by atoms with E-state index in [9.17, 15) is 5.11 Å². The van der Waals surface area contributed by atoms with E-state index in [1.54, 1.807) is 0 Å². The average molecular weight is 256 g/mol. The minimum Gasteiger partial charge on any atom is -0.504 e. The van der Waals surface area contributed by atoms with Crippen LogP contribution in [0.1, 0.15) is 24.0 Å². The van der Waals surface area contributed by atoms with Crippen molar-refractivity contribution in [3.05, 3.63) is 22.2 Å². The summed E-state index contributed by atoms with van der Waals surface area (Å²) in [4.78, 5) is 0. The molecule has 0 aromatic heterocycles. The van der Waals surface area contributed by atoms with E-state index in [1.807, 2.05) is 13.0 Å². The lowest BCUT2D eigenvalue weighted by Gasteiger charge is -2.17. The number of methoxy groups -OCH3 is 1. The molecule has 4 heteroatoms. The molecular weight excluding hydrogens is 238 g/mol. The molecule has 1 atom stereocenters. The van der Waals surface area contributed by atoms with Crippen LogP contribution in [0.5, 0.6) is 11.5 Å². The number of hydrogen-bond donors (Lipinski definition) is 2. The Morgan fingerprint density at radius 1 is 1.59 bits per heavy atom. The first kappa shape index (κ1) is 12.5. The SMILES string of the molecule is COc1c(Cl)cc(C)c(CC2CCCN2)c1O. The Hall–Kier alpha value is -0.930. The number of hydrogen-bond acceptors (Lipinski definition) is 3. The largest absolute Gasteiger partial charge is 0.504 e. The molecule has 1 aromatic carbocycles. The molecule has 3 nitrogen and oxygen atoms in total. The normalized spacial score (nSPS) is 19.6. The highest BCUT2D eigenvalue weighted by Gasteiger charge is 2.21. The molecule has 1 aliphatic heterocycles. The summed E-state index contributed by atoms with van der Waals surface area (Å²) in [6.07, 6.45) is 3.18. The van der Waals surface area contributed by atoms with E-state index in [0.29, 0.717) is 16.8 Å². The van der Waals surface area contributed by atoms with E-state index in [0.717, 1.165) is 30.5 Å². The number of benzene rings is 1. The summed E-state index contributed by atoms with van der Waals surface area (Å²) in [5.41, 5.74) is 1.95. The molecule has 1 saturated heterocycles. The highest BCUT2D eigenvalue weighted by Crippen LogP contribution is 2.39. The highest BCUT2D eigenvalue weighted by atomic mass is 35.5. The van der Waals surface area contributed by atoms with Crippen LogP contribution >= 0.6 is 11.6 Å². The van der Waals surface area contributed by atoms with Gasteiger partial charge in [-0.2, -0.15) is 0 Å². The monoisotopic (exact) mass is 255 g/mol. The first-order valence-corrected chi connectivity index (χ1v) is 6.29. The fraction of sp³-hybridized carbons (Fsp3) is 0.538. The molecule has 1 aromatic rings. The third-order valence-corrected chi connectivity index (χ3v) is 3.63. The maximum Gasteiger partial charge on any atom is 0.179 e. The molecular formula is C13H18ClNO2. The predicted octanol–water partition coefficient (Wildman–Crippen LogP) is 2.66. The van der Waals surface area contributed by atoms with Crippen LogP contribution in [0.15, 0.2) is 6.07 Å². The summed E-state index contributed by atoms with van der Waals surface area (Å²) in [6.45, 7) is 3.03. The van der Waals surface area contributed by atoms with Gasteiger partial charge in [-0.3, -0.25) is 0 Å². The maximum absolute atomic E-state index is 10.2. The number of ether oxygens (including phenoxy) is 1. The van der Waals surface area contributed by atoms with Gasteiger partial charge in [0.15, 0.2) is 11.5 Å². The van der Waals surface area contributed by atoms with Crippen LogP contribution in [0.4, 0.5) is 0 Å². The van der Waals surface area contributed by atoms with Gasteiger partial charge in [0, 0.05) is 11.6 Å². The van der Waals surface area contributed by atoms with Crippen LogP contribution in [0.25, 0.3) is 0 Å². The molecule has 2 rings (SSSR count). The molecule has 0 bridgehead atoms. The zero-order valence-corrected chi connectivity index (χ0v) is 11.0. The van der Waals surface area contributed by atoms with Crippen molar-refractivity contribution in [1.29, 1.82) is 0 Å².